The fourth-order valence-electron chi connectivity index (χ4n) is 3.46. The molecule has 0 radical (unpaired) electrons. The number of aromatic nitrogens is 1. The van der Waals surface area contributed by atoms with Gasteiger partial charge in [-0.2, -0.15) is 4.40 Å². The van der Waals surface area contributed by atoms with Crippen LogP contribution < -0.4 is 4.74 Å². The number of benzene rings is 2. The molecule has 8 nitrogen and oxygen atoms in total. The Balaban J connectivity index is 1.58. The highest BCUT2D eigenvalue weighted by molar-refractivity contribution is 7.91. The Hall–Kier alpha value is -3.50. The first-order chi connectivity index (χ1) is 17.6. The maximum atomic E-state index is 12.3. The molecule has 0 atom stereocenters. The largest absolute Gasteiger partial charge is 0.489 e. The number of carbonyl (C=O) groups is 1. The lowest BCUT2D eigenvalue weighted by molar-refractivity contribution is -0.142. The summed E-state index contributed by atoms with van der Waals surface area (Å²) in [5, 5.41) is 3.30. The SMILES string of the molecule is CCOC(=O)Cc1ccccc1OCc1cc(-c2nc(C=NS(=O)(=O)C(C)(C)C)cs2)c2occc2c1. The van der Waals surface area contributed by atoms with Gasteiger partial charge in [-0.1, -0.05) is 18.2 Å². The van der Waals surface area contributed by atoms with Gasteiger partial charge in [0.2, 0.25) is 0 Å². The number of furan rings is 1. The summed E-state index contributed by atoms with van der Waals surface area (Å²) in [6.07, 6.45) is 3.01. The van der Waals surface area contributed by atoms with Crippen molar-refractivity contribution < 1.29 is 27.1 Å². The summed E-state index contributed by atoms with van der Waals surface area (Å²) in [7, 11) is -3.66. The van der Waals surface area contributed by atoms with Crippen molar-refractivity contribution in [2.75, 3.05) is 6.61 Å². The van der Waals surface area contributed by atoms with Crippen LogP contribution in [0.25, 0.3) is 21.5 Å². The third-order valence-corrected chi connectivity index (χ3v) is 8.29. The molecule has 0 unspecified atom stereocenters. The second kappa shape index (κ2) is 10.9. The fraction of sp³-hybridized carbons (Fsp3) is 0.296. The lowest BCUT2D eigenvalue weighted by atomic mass is 10.1. The van der Waals surface area contributed by atoms with Crippen LogP contribution in [0.3, 0.4) is 0 Å². The number of ether oxygens (including phenoxy) is 2. The van der Waals surface area contributed by atoms with Crippen LogP contribution >= 0.6 is 11.3 Å². The number of thiazole rings is 1. The van der Waals surface area contributed by atoms with Crippen molar-refractivity contribution in [1.82, 2.24) is 4.98 Å². The fourth-order valence-corrected chi connectivity index (χ4v) is 4.80. The van der Waals surface area contributed by atoms with E-state index in [0.29, 0.717) is 28.6 Å². The van der Waals surface area contributed by atoms with Gasteiger partial charge in [0.15, 0.2) is 0 Å². The van der Waals surface area contributed by atoms with Gasteiger partial charge < -0.3 is 13.9 Å². The number of rotatable bonds is 9. The molecule has 0 aliphatic rings. The first-order valence-electron chi connectivity index (χ1n) is 11.7. The zero-order chi connectivity index (χ0) is 26.6. The van der Waals surface area contributed by atoms with Crippen LogP contribution in [0.5, 0.6) is 5.75 Å². The standard InChI is InChI=1S/C27H28N2O6S2/c1-5-33-24(30)14-19-8-6-7-9-23(19)35-16-18-12-20-10-11-34-25(20)22(13-18)26-29-21(17-36-26)15-28-37(31,32)27(2,3)4/h6-13,15,17H,5,14,16H2,1-4H3. The first kappa shape index (κ1) is 26.6. The summed E-state index contributed by atoms with van der Waals surface area (Å²) in [6.45, 7) is 7.16. The molecule has 0 aliphatic carbocycles. The van der Waals surface area contributed by atoms with Crippen molar-refractivity contribution in [3.05, 3.63) is 70.9 Å². The summed E-state index contributed by atoms with van der Waals surface area (Å²) >= 11 is 1.37. The Bertz CT molecular complexity index is 1540. The maximum Gasteiger partial charge on any atom is 0.310 e. The molecular formula is C27H28N2O6S2. The zero-order valence-corrected chi connectivity index (χ0v) is 22.7. The van der Waals surface area contributed by atoms with Crippen LogP contribution in [-0.2, 0) is 32.6 Å². The Morgan fingerprint density at radius 3 is 2.73 bits per heavy atom. The minimum atomic E-state index is -3.66. The molecule has 10 heteroatoms. The summed E-state index contributed by atoms with van der Waals surface area (Å²) in [5.74, 6) is 0.302. The first-order valence-corrected chi connectivity index (χ1v) is 14.0. The molecule has 2 aromatic heterocycles. The van der Waals surface area contributed by atoms with E-state index in [2.05, 4.69) is 9.38 Å². The van der Waals surface area contributed by atoms with Gasteiger partial charge in [0.25, 0.3) is 10.0 Å². The van der Waals surface area contributed by atoms with Crippen LogP contribution in [0, 0.1) is 0 Å². The minimum Gasteiger partial charge on any atom is -0.489 e. The van der Waals surface area contributed by atoms with E-state index in [1.54, 1.807) is 39.3 Å². The van der Waals surface area contributed by atoms with E-state index in [4.69, 9.17) is 13.9 Å². The summed E-state index contributed by atoms with van der Waals surface area (Å²) in [6, 6.07) is 13.1. The zero-order valence-electron chi connectivity index (χ0n) is 21.1. The van der Waals surface area contributed by atoms with Crippen LogP contribution in [0.1, 0.15) is 44.5 Å². The third-order valence-electron chi connectivity index (χ3n) is 5.47. The van der Waals surface area contributed by atoms with E-state index in [9.17, 15) is 13.2 Å². The molecule has 4 rings (SSSR count). The molecular weight excluding hydrogens is 512 g/mol. The van der Waals surface area contributed by atoms with Gasteiger partial charge in [0, 0.05) is 16.3 Å². The normalized spacial score (nSPS) is 12.3. The van der Waals surface area contributed by atoms with E-state index in [-0.39, 0.29) is 19.0 Å². The van der Waals surface area contributed by atoms with Gasteiger partial charge in [-0.25, -0.2) is 13.4 Å². The number of hydrogen-bond donors (Lipinski definition) is 0. The second-order valence-corrected chi connectivity index (χ2v) is 12.5. The molecule has 194 valence electrons. The quantitative estimate of drug-likeness (QED) is 0.195. The monoisotopic (exact) mass is 540 g/mol. The minimum absolute atomic E-state index is 0.129. The number of carbonyl (C=O) groups excluding carboxylic acids is 1. The van der Waals surface area contributed by atoms with Gasteiger partial charge in [0.1, 0.15) is 22.9 Å². The van der Waals surface area contributed by atoms with Gasteiger partial charge in [-0.15, -0.1) is 11.3 Å². The lowest BCUT2D eigenvalue weighted by Crippen LogP contribution is -2.25. The topological polar surface area (TPSA) is 108 Å². The number of sulfonamides is 1. The molecule has 2 heterocycles. The molecule has 4 aromatic rings. The van der Waals surface area contributed by atoms with E-state index >= 15 is 0 Å². The molecule has 0 saturated carbocycles. The molecule has 0 fully saturated rings. The predicted molar refractivity (Wildman–Crippen MR) is 145 cm³/mol. The third kappa shape index (κ3) is 6.26. The molecule has 0 amide bonds. The number of para-hydroxylation sites is 1. The van der Waals surface area contributed by atoms with Crippen LogP contribution in [-0.4, -0.2) is 36.9 Å². The van der Waals surface area contributed by atoms with E-state index in [0.717, 1.165) is 22.1 Å². The van der Waals surface area contributed by atoms with E-state index < -0.39 is 14.8 Å². The predicted octanol–water partition coefficient (Wildman–Crippen LogP) is 5.79. The van der Waals surface area contributed by atoms with Crippen molar-refractivity contribution in [1.29, 1.82) is 0 Å². The van der Waals surface area contributed by atoms with Crippen molar-refractivity contribution in [2.24, 2.45) is 4.40 Å². The van der Waals surface area contributed by atoms with Gasteiger partial charge in [-0.3, -0.25) is 4.79 Å². The van der Waals surface area contributed by atoms with E-state index in [1.165, 1.54) is 17.6 Å². The molecule has 0 aliphatic heterocycles. The molecule has 0 bridgehead atoms. The highest BCUT2D eigenvalue weighted by Crippen LogP contribution is 2.33. The summed E-state index contributed by atoms with van der Waals surface area (Å²) in [4.78, 5) is 16.5. The molecule has 0 spiro atoms. The Labute approximate surface area is 220 Å². The molecule has 37 heavy (non-hydrogen) atoms. The Kier molecular flexibility index (Phi) is 7.79. The lowest BCUT2D eigenvalue weighted by Gasteiger charge is -2.14. The average Bonchev–Trinajstić information content (AvgIpc) is 3.51. The highest BCUT2D eigenvalue weighted by atomic mass is 32.2. The number of hydrogen-bond acceptors (Lipinski definition) is 8. The Morgan fingerprint density at radius 2 is 1.97 bits per heavy atom. The van der Waals surface area contributed by atoms with Crippen molar-refractivity contribution in [3.8, 4) is 16.3 Å². The number of nitrogens with zero attached hydrogens (tertiary/aromatic N) is 2. The van der Waals surface area contributed by atoms with Crippen molar-refractivity contribution in [3.63, 3.8) is 0 Å². The second-order valence-electron chi connectivity index (χ2n) is 9.26. The average molecular weight is 541 g/mol. The van der Waals surface area contributed by atoms with Crippen LogP contribution in [0.2, 0.25) is 0 Å². The summed E-state index contributed by atoms with van der Waals surface area (Å²) in [5.41, 5.74) is 3.52. The smallest absolute Gasteiger partial charge is 0.310 e. The molecule has 2 aromatic carbocycles. The van der Waals surface area contributed by atoms with Crippen molar-refractivity contribution >= 4 is 44.5 Å². The van der Waals surface area contributed by atoms with Gasteiger partial charge in [-0.05, 0) is 57.5 Å². The number of fused-ring (bicyclic) bond motifs is 1. The summed E-state index contributed by atoms with van der Waals surface area (Å²) < 4.78 is 44.3. The molecule has 0 N–H and O–H groups in total. The van der Waals surface area contributed by atoms with E-state index in [1.807, 2.05) is 42.5 Å². The van der Waals surface area contributed by atoms with Crippen molar-refractivity contribution in [2.45, 2.75) is 45.5 Å². The highest BCUT2D eigenvalue weighted by Gasteiger charge is 2.28. The van der Waals surface area contributed by atoms with Crippen LogP contribution in [0.15, 0.2) is 62.9 Å². The van der Waals surface area contributed by atoms with Gasteiger partial charge >= 0.3 is 5.97 Å². The molecule has 0 saturated heterocycles. The van der Waals surface area contributed by atoms with Crippen LogP contribution in [0.4, 0.5) is 0 Å². The van der Waals surface area contributed by atoms with Gasteiger partial charge in [0.05, 0.1) is 41.5 Å². The number of esters is 1. The maximum absolute atomic E-state index is 12.3. The Morgan fingerprint density at radius 1 is 1.19 bits per heavy atom.